The molecule has 5 nitrogen and oxygen atoms in total. The van der Waals surface area contributed by atoms with Crippen molar-refractivity contribution in [2.75, 3.05) is 4.72 Å². The van der Waals surface area contributed by atoms with Gasteiger partial charge in [-0.3, -0.25) is 9.52 Å². The van der Waals surface area contributed by atoms with E-state index in [0.29, 0.717) is 11.3 Å². The molecule has 0 heterocycles. The predicted octanol–water partition coefficient (Wildman–Crippen LogP) is 4.14. The van der Waals surface area contributed by atoms with E-state index in [2.05, 4.69) is 10.0 Å². The van der Waals surface area contributed by atoms with E-state index >= 15 is 0 Å². The van der Waals surface area contributed by atoms with Crippen LogP contribution in [0.5, 0.6) is 0 Å². The van der Waals surface area contributed by atoms with E-state index in [4.69, 9.17) is 0 Å². The van der Waals surface area contributed by atoms with E-state index < -0.39 is 10.0 Å². The molecule has 27 heavy (non-hydrogen) atoms. The SMILES string of the molecule is CCc1cccc(CC)c1NS(=O)(=O)c1ccc(C(=O)NC(C)(C)C)cc1. The van der Waals surface area contributed by atoms with Crippen molar-refractivity contribution in [1.82, 2.24) is 5.32 Å². The Hall–Kier alpha value is -2.34. The first-order valence-corrected chi connectivity index (χ1v) is 10.6. The standard InChI is InChI=1S/C21H28N2O3S/c1-6-15-9-8-10-16(7-2)19(15)23-27(25,26)18-13-11-17(12-14-18)20(24)22-21(3,4)5/h8-14,23H,6-7H2,1-5H3,(H,22,24). The third-order valence-electron chi connectivity index (χ3n) is 4.15. The number of hydrogen-bond donors (Lipinski definition) is 2. The Morgan fingerprint density at radius 3 is 1.89 bits per heavy atom. The van der Waals surface area contributed by atoms with Crippen LogP contribution in [0, 0.1) is 0 Å². The van der Waals surface area contributed by atoms with Crippen molar-refractivity contribution in [2.24, 2.45) is 0 Å². The molecule has 0 unspecified atom stereocenters. The average Bonchev–Trinajstić information content (AvgIpc) is 2.60. The molecular formula is C21H28N2O3S. The van der Waals surface area contributed by atoms with Crippen molar-refractivity contribution in [3.8, 4) is 0 Å². The highest BCUT2D eigenvalue weighted by atomic mass is 32.2. The summed E-state index contributed by atoms with van der Waals surface area (Å²) in [6.45, 7) is 9.67. The molecule has 2 rings (SSSR count). The predicted molar refractivity (Wildman–Crippen MR) is 110 cm³/mol. The van der Waals surface area contributed by atoms with Gasteiger partial charge in [-0.25, -0.2) is 8.42 Å². The second-order valence-corrected chi connectivity index (χ2v) is 9.17. The lowest BCUT2D eigenvalue weighted by Gasteiger charge is -2.20. The van der Waals surface area contributed by atoms with Crippen LogP contribution in [0.25, 0.3) is 0 Å². The van der Waals surface area contributed by atoms with Crippen LogP contribution in [0.4, 0.5) is 5.69 Å². The first-order chi connectivity index (χ1) is 12.6. The number of para-hydroxylation sites is 1. The fraction of sp³-hybridized carbons (Fsp3) is 0.381. The quantitative estimate of drug-likeness (QED) is 0.781. The van der Waals surface area contributed by atoms with Gasteiger partial charge < -0.3 is 5.32 Å². The zero-order valence-corrected chi connectivity index (χ0v) is 17.4. The number of hydrogen-bond acceptors (Lipinski definition) is 3. The van der Waals surface area contributed by atoms with Crippen molar-refractivity contribution in [1.29, 1.82) is 0 Å². The number of aryl methyl sites for hydroxylation is 2. The fourth-order valence-electron chi connectivity index (χ4n) is 2.77. The van der Waals surface area contributed by atoms with Gasteiger partial charge in [0.15, 0.2) is 0 Å². The van der Waals surface area contributed by atoms with Crippen LogP contribution in [-0.4, -0.2) is 19.9 Å². The van der Waals surface area contributed by atoms with Gasteiger partial charge in [0.25, 0.3) is 15.9 Å². The Kier molecular flexibility index (Phi) is 6.31. The Morgan fingerprint density at radius 2 is 1.44 bits per heavy atom. The van der Waals surface area contributed by atoms with Crippen molar-refractivity contribution < 1.29 is 13.2 Å². The summed E-state index contributed by atoms with van der Waals surface area (Å²) in [4.78, 5) is 12.3. The zero-order valence-electron chi connectivity index (χ0n) is 16.6. The van der Waals surface area contributed by atoms with Gasteiger partial charge in [0.2, 0.25) is 0 Å². The summed E-state index contributed by atoms with van der Waals surface area (Å²) in [5.74, 6) is -0.232. The minimum absolute atomic E-state index is 0.128. The number of rotatable bonds is 6. The third kappa shape index (κ3) is 5.32. The molecule has 0 bridgehead atoms. The minimum atomic E-state index is -3.74. The molecule has 2 aromatic carbocycles. The minimum Gasteiger partial charge on any atom is -0.347 e. The van der Waals surface area contributed by atoms with Gasteiger partial charge in [0, 0.05) is 11.1 Å². The second kappa shape index (κ2) is 8.13. The van der Waals surface area contributed by atoms with Crippen molar-refractivity contribution >= 4 is 21.6 Å². The van der Waals surface area contributed by atoms with Crippen molar-refractivity contribution in [3.05, 3.63) is 59.2 Å². The first kappa shape index (κ1) is 21.0. The topological polar surface area (TPSA) is 75.3 Å². The molecular weight excluding hydrogens is 360 g/mol. The molecule has 0 atom stereocenters. The summed E-state index contributed by atoms with van der Waals surface area (Å²) < 4.78 is 28.4. The van der Waals surface area contributed by atoms with Gasteiger partial charge in [-0.2, -0.15) is 0 Å². The number of carbonyl (C=O) groups excluding carboxylic acids is 1. The van der Waals surface area contributed by atoms with Crippen molar-refractivity contribution in [3.63, 3.8) is 0 Å². The Morgan fingerprint density at radius 1 is 0.926 bits per heavy atom. The largest absolute Gasteiger partial charge is 0.347 e. The molecule has 0 saturated heterocycles. The maximum atomic E-state index is 12.8. The van der Waals surface area contributed by atoms with Crippen LogP contribution in [0.15, 0.2) is 47.4 Å². The number of anilines is 1. The summed E-state index contributed by atoms with van der Waals surface area (Å²) in [6, 6.07) is 11.8. The van der Waals surface area contributed by atoms with Crippen LogP contribution < -0.4 is 10.0 Å². The molecule has 0 aliphatic rings. The molecule has 0 radical (unpaired) electrons. The van der Waals surface area contributed by atoms with Crippen LogP contribution in [0.3, 0.4) is 0 Å². The van der Waals surface area contributed by atoms with Gasteiger partial charge in [0.1, 0.15) is 0 Å². The van der Waals surface area contributed by atoms with Crippen LogP contribution in [-0.2, 0) is 22.9 Å². The van der Waals surface area contributed by atoms with E-state index in [0.717, 1.165) is 24.0 Å². The van der Waals surface area contributed by atoms with Crippen molar-refractivity contribution in [2.45, 2.75) is 57.9 Å². The number of sulfonamides is 1. The smallest absolute Gasteiger partial charge is 0.261 e. The molecule has 0 spiro atoms. The Balaban J connectivity index is 2.29. The average molecular weight is 389 g/mol. The summed E-state index contributed by atoms with van der Waals surface area (Å²) in [5, 5.41) is 2.86. The summed E-state index contributed by atoms with van der Waals surface area (Å²) >= 11 is 0. The lowest BCUT2D eigenvalue weighted by atomic mass is 10.0. The van der Waals surface area contributed by atoms with E-state index in [1.54, 1.807) is 0 Å². The molecule has 2 aromatic rings. The van der Waals surface area contributed by atoms with Gasteiger partial charge >= 0.3 is 0 Å². The number of benzene rings is 2. The van der Waals surface area contributed by atoms with Gasteiger partial charge in [-0.1, -0.05) is 32.0 Å². The summed E-state index contributed by atoms with van der Waals surface area (Å²) in [7, 11) is -3.74. The lowest BCUT2D eigenvalue weighted by molar-refractivity contribution is 0.0919. The number of carbonyl (C=O) groups is 1. The highest BCUT2D eigenvalue weighted by Gasteiger charge is 2.19. The highest BCUT2D eigenvalue weighted by Crippen LogP contribution is 2.26. The summed E-state index contributed by atoms with van der Waals surface area (Å²) in [6.07, 6.45) is 1.47. The van der Waals surface area contributed by atoms with Gasteiger partial charge in [-0.15, -0.1) is 0 Å². The van der Waals surface area contributed by atoms with Crippen LogP contribution >= 0.6 is 0 Å². The maximum absolute atomic E-state index is 12.8. The van der Waals surface area contributed by atoms with Gasteiger partial charge in [0.05, 0.1) is 10.6 Å². The molecule has 0 aromatic heterocycles. The number of nitrogens with one attached hydrogen (secondary N) is 2. The zero-order chi connectivity index (χ0) is 20.2. The second-order valence-electron chi connectivity index (χ2n) is 7.49. The number of amides is 1. The third-order valence-corrected chi connectivity index (χ3v) is 5.52. The molecule has 2 N–H and O–H groups in total. The fourth-order valence-corrected chi connectivity index (χ4v) is 3.91. The molecule has 0 saturated carbocycles. The molecule has 6 heteroatoms. The van der Waals surface area contributed by atoms with E-state index in [1.807, 2.05) is 52.8 Å². The molecule has 1 amide bonds. The van der Waals surface area contributed by atoms with Gasteiger partial charge in [-0.05, 0) is 69.0 Å². The Bertz CT molecular complexity index is 889. The molecule has 0 fully saturated rings. The summed E-state index contributed by atoms with van der Waals surface area (Å²) in [5.41, 5.74) is 2.63. The van der Waals surface area contributed by atoms with E-state index in [9.17, 15) is 13.2 Å². The lowest BCUT2D eigenvalue weighted by Crippen LogP contribution is -2.40. The van der Waals surface area contributed by atoms with Crippen LogP contribution in [0.1, 0.15) is 56.1 Å². The molecule has 146 valence electrons. The monoisotopic (exact) mass is 388 g/mol. The normalized spacial score (nSPS) is 11.9. The van der Waals surface area contributed by atoms with E-state index in [-0.39, 0.29) is 16.3 Å². The molecule has 0 aliphatic heterocycles. The maximum Gasteiger partial charge on any atom is 0.261 e. The highest BCUT2D eigenvalue weighted by molar-refractivity contribution is 7.92. The molecule has 0 aliphatic carbocycles. The van der Waals surface area contributed by atoms with Crippen LogP contribution in [0.2, 0.25) is 0 Å². The Labute approximate surface area is 162 Å². The first-order valence-electron chi connectivity index (χ1n) is 9.13. The van der Waals surface area contributed by atoms with E-state index in [1.165, 1.54) is 24.3 Å².